The molecule has 0 unspecified atom stereocenters. The standard InChI is InChI=1S/C25H25N3O6S/c1-16-24(25(31)26-11-13-34-17(2)30)21(15-29)20-14-19(9-10-22(20)27-16)35(32,33)28-12-5-7-18-6-3-4-8-23(18)28/h3-4,6,8-10,14-15H,5,7,11-13H2,1-2H3,(H,26,31). The summed E-state index contributed by atoms with van der Waals surface area (Å²) < 4.78 is 33.4. The Hall–Kier alpha value is -3.79. The van der Waals surface area contributed by atoms with Crippen LogP contribution in [0.15, 0.2) is 47.4 Å². The number of aldehydes is 1. The van der Waals surface area contributed by atoms with E-state index in [1.807, 2.05) is 12.1 Å². The van der Waals surface area contributed by atoms with Crippen LogP contribution in [0.3, 0.4) is 0 Å². The van der Waals surface area contributed by atoms with Crippen LogP contribution in [0.4, 0.5) is 5.69 Å². The molecule has 0 bridgehead atoms. The summed E-state index contributed by atoms with van der Waals surface area (Å²) in [6, 6.07) is 11.8. The molecular formula is C25H25N3O6S. The molecule has 0 radical (unpaired) electrons. The molecule has 2 aromatic carbocycles. The molecule has 0 saturated carbocycles. The van der Waals surface area contributed by atoms with Crippen molar-refractivity contribution in [1.82, 2.24) is 10.3 Å². The first-order chi connectivity index (χ1) is 16.7. The van der Waals surface area contributed by atoms with E-state index in [2.05, 4.69) is 10.3 Å². The summed E-state index contributed by atoms with van der Waals surface area (Å²) >= 11 is 0. The Morgan fingerprint density at radius 2 is 1.97 bits per heavy atom. The summed E-state index contributed by atoms with van der Waals surface area (Å²) in [6.45, 7) is 3.24. The van der Waals surface area contributed by atoms with E-state index in [-0.39, 0.29) is 34.6 Å². The Morgan fingerprint density at radius 3 is 2.71 bits per heavy atom. The van der Waals surface area contributed by atoms with Crippen LogP contribution in [0.5, 0.6) is 0 Å². The van der Waals surface area contributed by atoms with Crippen LogP contribution in [0.2, 0.25) is 0 Å². The monoisotopic (exact) mass is 495 g/mol. The van der Waals surface area contributed by atoms with Crippen molar-refractivity contribution in [3.8, 4) is 0 Å². The highest BCUT2D eigenvalue weighted by Gasteiger charge is 2.30. The van der Waals surface area contributed by atoms with Gasteiger partial charge in [0.1, 0.15) is 6.61 Å². The third-order valence-electron chi connectivity index (χ3n) is 5.87. The third-order valence-corrected chi connectivity index (χ3v) is 7.68. The van der Waals surface area contributed by atoms with E-state index >= 15 is 0 Å². The van der Waals surface area contributed by atoms with Crippen LogP contribution in [-0.2, 0) is 26.0 Å². The van der Waals surface area contributed by atoms with Crippen molar-refractivity contribution in [2.45, 2.75) is 31.6 Å². The van der Waals surface area contributed by atoms with Crippen molar-refractivity contribution < 1.29 is 27.5 Å². The summed E-state index contributed by atoms with van der Waals surface area (Å²) in [6.07, 6.45) is 2.03. The zero-order chi connectivity index (χ0) is 25.2. The molecule has 1 aliphatic rings. The number of sulfonamides is 1. The SMILES string of the molecule is CC(=O)OCCNC(=O)c1c(C)nc2ccc(S(=O)(=O)N3CCCc4ccccc43)cc2c1C=O. The van der Waals surface area contributed by atoms with E-state index in [4.69, 9.17) is 4.74 Å². The van der Waals surface area contributed by atoms with Crippen LogP contribution in [0, 0.1) is 6.92 Å². The number of esters is 1. The number of aryl methyl sites for hydroxylation is 2. The number of fused-ring (bicyclic) bond motifs is 2. The summed E-state index contributed by atoms with van der Waals surface area (Å²) in [4.78, 5) is 40.3. The Labute approximate surface area is 203 Å². The number of nitrogens with zero attached hydrogens (tertiary/aromatic N) is 2. The van der Waals surface area contributed by atoms with Gasteiger partial charge in [0.05, 0.1) is 33.9 Å². The van der Waals surface area contributed by atoms with Gasteiger partial charge >= 0.3 is 5.97 Å². The number of aromatic nitrogens is 1. The van der Waals surface area contributed by atoms with Crippen molar-refractivity contribution in [2.24, 2.45) is 0 Å². The fraction of sp³-hybridized carbons (Fsp3) is 0.280. The molecule has 0 spiro atoms. The lowest BCUT2D eigenvalue weighted by atomic mass is 10.0. The Kier molecular flexibility index (Phi) is 6.83. The summed E-state index contributed by atoms with van der Waals surface area (Å²) in [7, 11) is -3.92. The number of hydrogen-bond donors (Lipinski definition) is 1. The zero-order valence-electron chi connectivity index (χ0n) is 19.4. The van der Waals surface area contributed by atoms with Crippen molar-refractivity contribution in [3.05, 3.63) is 64.8 Å². The number of anilines is 1. The lowest BCUT2D eigenvalue weighted by Gasteiger charge is -2.30. The molecule has 0 atom stereocenters. The van der Waals surface area contributed by atoms with Gasteiger partial charge in [0.25, 0.3) is 15.9 Å². The molecule has 0 aliphatic carbocycles. The summed E-state index contributed by atoms with van der Waals surface area (Å²) in [5.41, 5.74) is 2.43. The van der Waals surface area contributed by atoms with E-state index in [1.54, 1.807) is 25.1 Å². The minimum absolute atomic E-state index is 0.0108. The van der Waals surface area contributed by atoms with Gasteiger partial charge in [-0.2, -0.15) is 0 Å². The number of nitrogens with one attached hydrogen (secondary N) is 1. The van der Waals surface area contributed by atoms with Crippen LogP contribution >= 0.6 is 0 Å². The minimum atomic E-state index is -3.92. The van der Waals surface area contributed by atoms with Crippen molar-refractivity contribution in [1.29, 1.82) is 0 Å². The van der Waals surface area contributed by atoms with Gasteiger partial charge < -0.3 is 10.1 Å². The normalized spacial score (nSPS) is 13.3. The van der Waals surface area contributed by atoms with E-state index in [0.717, 1.165) is 12.0 Å². The number of carbonyl (C=O) groups excluding carboxylic acids is 3. The predicted molar refractivity (Wildman–Crippen MR) is 130 cm³/mol. The molecule has 35 heavy (non-hydrogen) atoms. The van der Waals surface area contributed by atoms with E-state index < -0.39 is 21.9 Å². The Morgan fingerprint density at radius 1 is 1.20 bits per heavy atom. The summed E-state index contributed by atoms with van der Waals surface area (Å²) in [5.74, 6) is -1.04. The van der Waals surface area contributed by atoms with Crippen molar-refractivity contribution in [3.63, 3.8) is 0 Å². The fourth-order valence-electron chi connectivity index (χ4n) is 4.29. The van der Waals surface area contributed by atoms with Crippen LogP contribution in [0.25, 0.3) is 10.9 Å². The Bertz CT molecular complexity index is 1430. The lowest BCUT2D eigenvalue weighted by molar-refractivity contribution is -0.140. The third kappa shape index (κ3) is 4.74. The molecule has 10 heteroatoms. The average molecular weight is 496 g/mol. The van der Waals surface area contributed by atoms with Gasteiger partial charge in [0.2, 0.25) is 0 Å². The molecule has 4 rings (SSSR count). The molecule has 182 valence electrons. The maximum Gasteiger partial charge on any atom is 0.302 e. The van der Waals surface area contributed by atoms with Crippen molar-refractivity contribution >= 4 is 44.8 Å². The van der Waals surface area contributed by atoms with E-state index in [9.17, 15) is 22.8 Å². The van der Waals surface area contributed by atoms with Gasteiger partial charge in [-0.25, -0.2) is 8.42 Å². The first-order valence-electron chi connectivity index (χ1n) is 11.2. The molecule has 1 amide bonds. The molecule has 1 aromatic heterocycles. The number of carbonyl (C=O) groups is 3. The highest BCUT2D eigenvalue weighted by atomic mass is 32.2. The van der Waals surface area contributed by atoms with Crippen molar-refractivity contribution in [2.75, 3.05) is 24.0 Å². The molecule has 1 aliphatic heterocycles. The molecular weight excluding hydrogens is 470 g/mol. The number of benzene rings is 2. The van der Waals surface area contributed by atoms with Crippen LogP contribution in [0.1, 0.15) is 45.3 Å². The summed E-state index contributed by atoms with van der Waals surface area (Å²) in [5, 5.41) is 2.87. The van der Waals surface area contributed by atoms with Gasteiger partial charge in [-0.1, -0.05) is 18.2 Å². The second-order valence-electron chi connectivity index (χ2n) is 8.19. The lowest BCUT2D eigenvalue weighted by Crippen LogP contribution is -2.35. The average Bonchev–Trinajstić information content (AvgIpc) is 2.84. The second-order valence-corrected chi connectivity index (χ2v) is 10.1. The smallest absolute Gasteiger partial charge is 0.302 e. The maximum atomic E-state index is 13.6. The first kappa shape index (κ1) is 24.3. The van der Waals surface area contributed by atoms with Gasteiger partial charge in [-0.15, -0.1) is 0 Å². The number of rotatable bonds is 7. The number of ether oxygens (including phenoxy) is 1. The number of pyridine rings is 1. The molecule has 0 fully saturated rings. The predicted octanol–water partition coefficient (Wildman–Crippen LogP) is 2.79. The molecule has 9 nitrogen and oxygen atoms in total. The highest BCUT2D eigenvalue weighted by molar-refractivity contribution is 7.92. The van der Waals surface area contributed by atoms with Gasteiger partial charge in [-0.3, -0.25) is 23.7 Å². The first-order valence-corrected chi connectivity index (χ1v) is 12.6. The van der Waals surface area contributed by atoms with Crippen LogP contribution in [-0.4, -0.2) is 51.3 Å². The van der Waals surface area contributed by atoms with Gasteiger partial charge in [-0.05, 0) is 49.6 Å². The Balaban J connectivity index is 1.74. The molecule has 1 N–H and O–H groups in total. The fourth-order valence-corrected chi connectivity index (χ4v) is 5.86. The number of hydrogen-bond acceptors (Lipinski definition) is 7. The van der Waals surface area contributed by atoms with E-state index in [1.165, 1.54) is 23.4 Å². The maximum absolute atomic E-state index is 13.6. The quantitative estimate of drug-likeness (QED) is 0.304. The molecule has 3 aromatic rings. The number of amides is 1. The minimum Gasteiger partial charge on any atom is -0.464 e. The number of para-hydroxylation sites is 1. The topological polar surface area (TPSA) is 123 Å². The second kappa shape index (κ2) is 9.83. The van der Waals surface area contributed by atoms with Gasteiger partial charge in [0.15, 0.2) is 6.29 Å². The van der Waals surface area contributed by atoms with E-state index in [0.29, 0.717) is 36.1 Å². The largest absolute Gasteiger partial charge is 0.464 e. The molecule has 0 saturated heterocycles. The molecule has 2 heterocycles. The highest BCUT2D eigenvalue weighted by Crippen LogP contribution is 2.33. The zero-order valence-corrected chi connectivity index (χ0v) is 20.2. The van der Waals surface area contributed by atoms with Crippen LogP contribution < -0.4 is 9.62 Å². The van der Waals surface area contributed by atoms with Gasteiger partial charge in [0, 0.05) is 24.4 Å².